The van der Waals surface area contributed by atoms with E-state index in [2.05, 4.69) is 10.3 Å². The number of thioether (sulfide) groups is 1. The smallest absolute Gasteiger partial charge is 0.335 e. The highest BCUT2D eigenvalue weighted by atomic mass is 35.5. The fourth-order valence-corrected chi connectivity index (χ4v) is 3.70. The van der Waals surface area contributed by atoms with Crippen molar-refractivity contribution < 1.29 is 23.5 Å². The van der Waals surface area contributed by atoms with Crippen LogP contribution in [0.3, 0.4) is 0 Å². The maximum Gasteiger partial charge on any atom is 0.335 e. The average Bonchev–Trinajstić information content (AvgIpc) is 3.31. The number of aromatic carboxylic acids is 1. The Balaban J connectivity index is 1.57. The maximum absolute atomic E-state index is 13.0. The number of hydrogen-bond acceptors (Lipinski definition) is 5. The number of carboxylic acids is 1. The first-order valence-electron chi connectivity index (χ1n) is 8.57. The fourth-order valence-electron chi connectivity index (χ4n) is 2.66. The summed E-state index contributed by atoms with van der Waals surface area (Å²) in [6.45, 7) is 0. The van der Waals surface area contributed by atoms with Crippen molar-refractivity contribution in [3.8, 4) is 11.3 Å². The van der Waals surface area contributed by atoms with E-state index in [9.17, 15) is 14.0 Å². The molecule has 2 heterocycles. The number of nitrogens with one attached hydrogen (secondary N) is 1. The third-order valence-corrected chi connectivity index (χ3v) is 5.33. The van der Waals surface area contributed by atoms with Crippen LogP contribution in [-0.4, -0.2) is 22.2 Å². The number of amidine groups is 1. The highest BCUT2D eigenvalue weighted by Gasteiger charge is 2.24. The minimum absolute atomic E-state index is 0.0816. The fraction of sp³-hybridized carbons (Fsp3) is 0. The largest absolute Gasteiger partial charge is 0.478 e. The number of carboxylic acid groups (broad SMARTS) is 1. The lowest BCUT2D eigenvalue weighted by Gasteiger charge is -2.02. The van der Waals surface area contributed by atoms with Crippen LogP contribution in [0.4, 0.5) is 10.1 Å². The lowest BCUT2D eigenvalue weighted by atomic mass is 10.1. The molecule has 1 aromatic heterocycles. The van der Waals surface area contributed by atoms with Gasteiger partial charge in [0.2, 0.25) is 0 Å². The highest BCUT2D eigenvalue weighted by Crippen LogP contribution is 2.33. The van der Waals surface area contributed by atoms with Gasteiger partial charge in [-0.3, -0.25) is 4.79 Å². The van der Waals surface area contributed by atoms with Crippen LogP contribution < -0.4 is 5.32 Å². The lowest BCUT2D eigenvalue weighted by molar-refractivity contribution is -0.115. The maximum atomic E-state index is 13.0. The van der Waals surface area contributed by atoms with Crippen LogP contribution >= 0.6 is 23.4 Å². The zero-order valence-corrected chi connectivity index (χ0v) is 16.6. The van der Waals surface area contributed by atoms with Gasteiger partial charge in [-0.1, -0.05) is 11.6 Å². The van der Waals surface area contributed by atoms with Gasteiger partial charge in [-0.25, -0.2) is 14.2 Å². The van der Waals surface area contributed by atoms with Crippen LogP contribution in [0.2, 0.25) is 5.02 Å². The third-order valence-electron chi connectivity index (χ3n) is 4.09. The second-order valence-electron chi connectivity index (χ2n) is 6.16. The molecular weight excluding hydrogens is 431 g/mol. The minimum atomic E-state index is -1.08. The quantitative estimate of drug-likeness (QED) is 0.533. The molecule has 2 N–H and O–H groups in total. The van der Waals surface area contributed by atoms with E-state index in [1.807, 2.05) is 0 Å². The van der Waals surface area contributed by atoms with Crippen LogP contribution in [0.5, 0.6) is 0 Å². The molecule has 0 unspecified atom stereocenters. The Bertz CT molecular complexity index is 1220. The average molecular weight is 443 g/mol. The molecule has 3 aromatic rings. The van der Waals surface area contributed by atoms with Gasteiger partial charge in [-0.15, -0.1) is 0 Å². The van der Waals surface area contributed by atoms with E-state index < -0.39 is 5.97 Å². The molecule has 30 heavy (non-hydrogen) atoms. The first kappa shape index (κ1) is 19.9. The van der Waals surface area contributed by atoms with Crippen LogP contribution in [0, 0.1) is 5.82 Å². The van der Waals surface area contributed by atoms with Gasteiger partial charge in [0.25, 0.3) is 5.91 Å². The van der Waals surface area contributed by atoms with E-state index in [0.717, 1.165) is 11.8 Å². The molecule has 1 aliphatic rings. The standard InChI is InChI=1S/C21H12ClFN2O4S/c22-16-7-1-11(20(27)28)9-15(16)17-8-6-14(29-17)10-18-19(26)25-21(30-18)24-13-4-2-12(23)3-5-13/h1-10H,(H,27,28)(H,24,25,26). The Morgan fingerprint density at radius 3 is 2.67 bits per heavy atom. The predicted molar refractivity (Wildman–Crippen MR) is 113 cm³/mol. The molecule has 0 saturated carbocycles. The molecule has 1 fully saturated rings. The SMILES string of the molecule is O=C1NC(=Nc2ccc(F)cc2)SC1=Cc1ccc(-c2cc(C(=O)O)ccc2Cl)o1. The van der Waals surface area contributed by atoms with E-state index in [1.54, 1.807) is 18.2 Å². The van der Waals surface area contributed by atoms with Crippen molar-refractivity contribution in [3.05, 3.63) is 81.7 Å². The summed E-state index contributed by atoms with van der Waals surface area (Å²) in [6, 6.07) is 13.2. The molecule has 0 radical (unpaired) electrons. The summed E-state index contributed by atoms with van der Waals surface area (Å²) >= 11 is 7.29. The topological polar surface area (TPSA) is 91.9 Å². The third kappa shape index (κ3) is 4.29. The zero-order chi connectivity index (χ0) is 21.3. The summed E-state index contributed by atoms with van der Waals surface area (Å²) in [4.78, 5) is 28.0. The molecule has 6 nitrogen and oxygen atoms in total. The Kier molecular flexibility index (Phi) is 5.43. The van der Waals surface area contributed by atoms with E-state index in [-0.39, 0.29) is 17.3 Å². The Hall–Kier alpha value is -3.36. The van der Waals surface area contributed by atoms with Crippen LogP contribution in [0.25, 0.3) is 17.4 Å². The summed E-state index contributed by atoms with van der Waals surface area (Å²) < 4.78 is 18.7. The van der Waals surface area contributed by atoms with Gasteiger partial charge in [-0.2, -0.15) is 0 Å². The summed E-state index contributed by atoms with van der Waals surface area (Å²) in [5.74, 6) is -1.02. The first-order valence-corrected chi connectivity index (χ1v) is 9.77. The number of carbonyl (C=O) groups excluding carboxylic acids is 1. The number of rotatable bonds is 4. The van der Waals surface area contributed by atoms with Crippen LogP contribution in [-0.2, 0) is 4.79 Å². The van der Waals surface area contributed by atoms with Crippen molar-refractivity contribution in [2.45, 2.75) is 0 Å². The molecule has 0 spiro atoms. The molecule has 1 amide bonds. The summed E-state index contributed by atoms with van der Waals surface area (Å²) in [6.07, 6.45) is 1.55. The van der Waals surface area contributed by atoms with Gasteiger partial charge in [0, 0.05) is 11.6 Å². The molecule has 1 saturated heterocycles. The summed E-state index contributed by atoms with van der Waals surface area (Å²) in [5.41, 5.74) is 1.02. The Morgan fingerprint density at radius 2 is 1.93 bits per heavy atom. The first-order chi connectivity index (χ1) is 14.4. The molecule has 150 valence electrons. The van der Waals surface area contributed by atoms with E-state index >= 15 is 0 Å². The number of carbonyl (C=O) groups is 2. The van der Waals surface area contributed by atoms with Gasteiger partial charge in [-0.05, 0) is 66.4 Å². The summed E-state index contributed by atoms with van der Waals surface area (Å²) in [7, 11) is 0. The van der Waals surface area contributed by atoms with E-state index in [4.69, 9.17) is 21.1 Å². The highest BCUT2D eigenvalue weighted by molar-refractivity contribution is 8.18. The zero-order valence-electron chi connectivity index (χ0n) is 15.1. The number of nitrogens with zero attached hydrogens (tertiary/aromatic N) is 1. The van der Waals surface area contributed by atoms with Gasteiger partial charge in [0.15, 0.2) is 5.17 Å². The normalized spacial score (nSPS) is 16.3. The van der Waals surface area contributed by atoms with Crippen molar-refractivity contribution in [1.29, 1.82) is 0 Å². The van der Waals surface area contributed by atoms with E-state index in [1.165, 1.54) is 42.5 Å². The number of hydrogen-bond donors (Lipinski definition) is 2. The molecule has 0 bridgehead atoms. The minimum Gasteiger partial charge on any atom is -0.478 e. The van der Waals surface area contributed by atoms with Crippen LogP contribution in [0.15, 0.2) is 68.9 Å². The van der Waals surface area contributed by atoms with Crippen molar-refractivity contribution >= 4 is 52.2 Å². The second-order valence-corrected chi connectivity index (χ2v) is 7.60. The molecule has 4 rings (SSSR count). The number of halogens is 2. The number of benzene rings is 2. The van der Waals surface area contributed by atoms with Crippen molar-refractivity contribution in [1.82, 2.24) is 5.32 Å². The van der Waals surface area contributed by atoms with Gasteiger partial charge < -0.3 is 14.8 Å². The Labute approximate surface area is 179 Å². The monoisotopic (exact) mass is 442 g/mol. The van der Waals surface area contributed by atoms with Crippen molar-refractivity contribution in [2.75, 3.05) is 0 Å². The molecule has 0 atom stereocenters. The molecule has 0 aliphatic carbocycles. The van der Waals surface area contributed by atoms with Crippen molar-refractivity contribution in [3.63, 3.8) is 0 Å². The van der Waals surface area contributed by atoms with Gasteiger partial charge in [0.05, 0.1) is 21.2 Å². The summed E-state index contributed by atoms with van der Waals surface area (Å²) in [5, 5.41) is 12.5. The van der Waals surface area contributed by atoms with Gasteiger partial charge >= 0.3 is 5.97 Å². The lowest BCUT2D eigenvalue weighted by Crippen LogP contribution is -2.19. The number of amides is 1. The molecule has 1 aliphatic heterocycles. The molecular formula is C21H12ClFN2O4S. The number of aliphatic imine (C=N–C) groups is 1. The Morgan fingerprint density at radius 1 is 1.17 bits per heavy atom. The van der Waals surface area contributed by atoms with Gasteiger partial charge in [0.1, 0.15) is 17.3 Å². The molecule has 9 heteroatoms. The molecule has 2 aromatic carbocycles. The predicted octanol–water partition coefficient (Wildman–Crippen LogP) is 5.33. The van der Waals surface area contributed by atoms with Crippen LogP contribution in [0.1, 0.15) is 16.1 Å². The van der Waals surface area contributed by atoms with Crippen molar-refractivity contribution in [2.24, 2.45) is 4.99 Å². The van der Waals surface area contributed by atoms with E-state index in [0.29, 0.717) is 37.9 Å². The number of furan rings is 1. The second kappa shape index (κ2) is 8.17.